The zero-order valence-corrected chi connectivity index (χ0v) is 5.09. The zero-order chi connectivity index (χ0) is 6.15. The first-order valence-electron chi connectivity index (χ1n) is 2.76. The lowest BCUT2D eigenvalue weighted by Crippen LogP contribution is -1.94. The summed E-state index contributed by atoms with van der Waals surface area (Å²) >= 11 is 0. The van der Waals surface area contributed by atoms with Crippen LogP contribution in [0.4, 0.5) is 0 Å². The van der Waals surface area contributed by atoms with Crippen molar-refractivity contribution in [2.75, 3.05) is 0 Å². The third-order valence-corrected chi connectivity index (χ3v) is 1.22. The highest BCUT2D eigenvalue weighted by Gasteiger charge is 2.35. The summed E-state index contributed by atoms with van der Waals surface area (Å²) in [5.74, 6) is 1.22. The van der Waals surface area contributed by atoms with Crippen LogP contribution in [0.3, 0.4) is 0 Å². The van der Waals surface area contributed by atoms with E-state index in [2.05, 4.69) is 13.8 Å². The van der Waals surface area contributed by atoms with Crippen LogP contribution in [-0.4, -0.2) is 11.2 Å². The summed E-state index contributed by atoms with van der Waals surface area (Å²) in [5, 5.41) is 8.34. The minimum Gasteiger partial charge on any atom is -0.512 e. The van der Waals surface area contributed by atoms with Crippen LogP contribution < -0.4 is 0 Å². The van der Waals surface area contributed by atoms with Crippen molar-refractivity contribution in [1.29, 1.82) is 0 Å². The van der Waals surface area contributed by atoms with Crippen molar-refractivity contribution < 1.29 is 9.84 Å². The molecule has 0 spiro atoms. The normalized spacial score (nSPS) is 30.9. The van der Waals surface area contributed by atoms with E-state index in [-0.39, 0.29) is 6.10 Å². The lowest BCUT2D eigenvalue weighted by atomic mass is 10.1. The number of epoxide rings is 1. The molecule has 0 radical (unpaired) electrons. The van der Waals surface area contributed by atoms with Crippen molar-refractivity contribution in [3.63, 3.8) is 0 Å². The van der Waals surface area contributed by atoms with Gasteiger partial charge in [0, 0.05) is 0 Å². The molecule has 0 saturated carbocycles. The average molecular weight is 114 g/mol. The Morgan fingerprint density at radius 2 is 2.38 bits per heavy atom. The van der Waals surface area contributed by atoms with E-state index >= 15 is 0 Å². The van der Waals surface area contributed by atoms with E-state index < -0.39 is 0 Å². The molecule has 1 atom stereocenters. The minimum absolute atomic E-state index is 0.194. The molecule has 1 N–H and O–H groups in total. The van der Waals surface area contributed by atoms with Gasteiger partial charge in [0.1, 0.15) is 6.26 Å². The summed E-state index contributed by atoms with van der Waals surface area (Å²) in [6.07, 6.45) is 1.23. The van der Waals surface area contributed by atoms with E-state index in [0.717, 1.165) is 12.0 Å². The first-order chi connectivity index (χ1) is 3.75. The first-order valence-corrected chi connectivity index (χ1v) is 2.76. The van der Waals surface area contributed by atoms with Crippen molar-refractivity contribution in [1.82, 2.24) is 0 Å². The molecule has 0 aliphatic carbocycles. The lowest BCUT2D eigenvalue weighted by Gasteiger charge is -1.89. The van der Waals surface area contributed by atoms with Crippen LogP contribution in [0.1, 0.15) is 13.8 Å². The Hall–Kier alpha value is -0.660. The van der Waals surface area contributed by atoms with Gasteiger partial charge in [0.05, 0.1) is 0 Å². The molecule has 46 valence electrons. The van der Waals surface area contributed by atoms with E-state index in [1.165, 1.54) is 0 Å². The van der Waals surface area contributed by atoms with Gasteiger partial charge in [0.2, 0.25) is 0 Å². The summed E-state index contributed by atoms with van der Waals surface area (Å²) in [4.78, 5) is 0. The molecule has 0 aromatic carbocycles. The lowest BCUT2D eigenvalue weighted by molar-refractivity contribution is 0.361. The van der Waals surface area contributed by atoms with E-state index in [4.69, 9.17) is 9.84 Å². The molecule has 2 nitrogen and oxygen atoms in total. The van der Waals surface area contributed by atoms with E-state index in [9.17, 15) is 0 Å². The summed E-state index contributed by atoms with van der Waals surface area (Å²) in [6.45, 7) is 4.11. The van der Waals surface area contributed by atoms with Crippen molar-refractivity contribution in [2.24, 2.45) is 5.92 Å². The molecule has 2 heteroatoms. The molecule has 1 saturated heterocycles. The van der Waals surface area contributed by atoms with Gasteiger partial charge in [-0.2, -0.15) is 0 Å². The number of aliphatic hydroxyl groups is 1. The fourth-order valence-corrected chi connectivity index (χ4v) is 0.681. The maximum Gasteiger partial charge on any atom is 0.172 e. The smallest absolute Gasteiger partial charge is 0.172 e. The first kappa shape index (κ1) is 5.48. The maximum absolute atomic E-state index is 8.34. The molecule has 1 rings (SSSR count). The second-order valence-corrected chi connectivity index (χ2v) is 2.31. The van der Waals surface area contributed by atoms with Gasteiger partial charge in [0.15, 0.2) is 11.9 Å². The van der Waals surface area contributed by atoms with Gasteiger partial charge < -0.3 is 9.84 Å². The van der Waals surface area contributed by atoms with Crippen LogP contribution in [0.15, 0.2) is 12.0 Å². The summed E-state index contributed by atoms with van der Waals surface area (Å²) in [5.41, 5.74) is 0. The Morgan fingerprint density at radius 1 is 1.75 bits per heavy atom. The molecular formula is C6H10O2. The fraction of sp³-hybridized carbons (Fsp3) is 0.667. The minimum atomic E-state index is 0.194. The highest BCUT2D eigenvalue weighted by Crippen LogP contribution is 2.32. The van der Waals surface area contributed by atoms with Gasteiger partial charge in [-0.1, -0.05) is 13.8 Å². The van der Waals surface area contributed by atoms with Crippen LogP contribution in [0.5, 0.6) is 0 Å². The molecule has 1 aliphatic heterocycles. The predicted octanol–water partition coefficient (Wildman–Crippen LogP) is 1.44. The Bertz CT molecular complexity index is 116. The molecule has 1 unspecified atom stereocenters. The summed E-state index contributed by atoms with van der Waals surface area (Å²) in [7, 11) is 0. The van der Waals surface area contributed by atoms with Crippen LogP contribution in [-0.2, 0) is 4.74 Å². The fourth-order valence-electron chi connectivity index (χ4n) is 0.681. The Kier molecular flexibility index (Phi) is 1.16. The second kappa shape index (κ2) is 1.69. The van der Waals surface area contributed by atoms with Crippen LogP contribution in [0.2, 0.25) is 0 Å². The summed E-state index contributed by atoms with van der Waals surface area (Å²) < 4.78 is 4.94. The van der Waals surface area contributed by atoms with E-state index in [1.807, 2.05) is 0 Å². The molecule has 0 amide bonds. The largest absolute Gasteiger partial charge is 0.512 e. The Labute approximate surface area is 48.8 Å². The maximum atomic E-state index is 8.34. The third kappa shape index (κ3) is 0.782. The molecular weight excluding hydrogens is 104 g/mol. The zero-order valence-electron chi connectivity index (χ0n) is 5.09. The SMILES string of the molecule is CC(C)C1OC1=CO. The molecule has 1 fully saturated rings. The Morgan fingerprint density at radius 3 is 2.50 bits per heavy atom. The van der Waals surface area contributed by atoms with Gasteiger partial charge in [-0.05, 0) is 5.92 Å². The van der Waals surface area contributed by atoms with Crippen molar-refractivity contribution in [3.05, 3.63) is 12.0 Å². The number of hydrogen-bond donors (Lipinski definition) is 1. The highest BCUT2D eigenvalue weighted by atomic mass is 16.6. The van der Waals surface area contributed by atoms with Crippen molar-refractivity contribution in [2.45, 2.75) is 20.0 Å². The topological polar surface area (TPSA) is 32.8 Å². The number of ether oxygens (including phenoxy) is 1. The second-order valence-electron chi connectivity index (χ2n) is 2.31. The van der Waals surface area contributed by atoms with Crippen molar-refractivity contribution in [3.8, 4) is 0 Å². The summed E-state index contributed by atoms with van der Waals surface area (Å²) in [6, 6.07) is 0. The van der Waals surface area contributed by atoms with Gasteiger partial charge in [-0.3, -0.25) is 0 Å². The average Bonchev–Trinajstić information content (AvgIpc) is 2.42. The quantitative estimate of drug-likeness (QED) is 0.413. The van der Waals surface area contributed by atoms with Gasteiger partial charge in [-0.15, -0.1) is 0 Å². The molecule has 1 aliphatic rings. The van der Waals surface area contributed by atoms with Gasteiger partial charge in [-0.25, -0.2) is 0 Å². The van der Waals surface area contributed by atoms with Gasteiger partial charge >= 0.3 is 0 Å². The monoisotopic (exact) mass is 114 g/mol. The van der Waals surface area contributed by atoms with Crippen LogP contribution in [0.25, 0.3) is 0 Å². The number of aliphatic hydroxyl groups excluding tert-OH is 1. The van der Waals surface area contributed by atoms with Crippen molar-refractivity contribution >= 4 is 0 Å². The molecule has 0 aromatic rings. The molecule has 8 heavy (non-hydrogen) atoms. The van der Waals surface area contributed by atoms with Gasteiger partial charge in [0.25, 0.3) is 0 Å². The number of hydrogen-bond acceptors (Lipinski definition) is 2. The number of rotatable bonds is 1. The molecule has 0 bridgehead atoms. The standard InChI is InChI=1S/C6H10O2/c1-4(2)6-5(3-7)8-6/h3-4,6-7H,1-2H3. The predicted molar refractivity (Wildman–Crippen MR) is 30.4 cm³/mol. The van der Waals surface area contributed by atoms with Crippen LogP contribution in [0, 0.1) is 5.92 Å². The molecule has 1 heterocycles. The highest BCUT2D eigenvalue weighted by molar-refractivity contribution is 5.11. The van der Waals surface area contributed by atoms with E-state index in [0.29, 0.717) is 5.92 Å². The third-order valence-electron chi connectivity index (χ3n) is 1.22. The molecule has 0 aromatic heterocycles. The van der Waals surface area contributed by atoms with E-state index in [1.54, 1.807) is 0 Å². The Balaban J connectivity index is 2.37. The van der Waals surface area contributed by atoms with Crippen LogP contribution >= 0.6 is 0 Å².